The van der Waals surface area contributed by atoms with Gasteiger partial charge in [0.2, 0.25) is 12.7 Å². The number of fused-ring (bicyclic) bond motifs is 1. The summed E-state index contributed by atoms with van der Waals surface area (Å²) in [7, 11) is 0. The number of carbonyl (C=O) groups is 3. The van der Waals surface area contributed by atoms with Crippen LogP contribution in [0.3, 0.4) is 0 Å². The van der Waals surface area contributed by atoms with Crippen LogP contribution in [-0.2, 0) is 23.9 Å². The lowest BCUT2D eigenvalue weighted by Crippen LogP contribution is -2.68. The number of aromatic nitrogens is 1. The van der Waals surface area contributed by atoms with Crippen LogP contribution in [0.2, 0.25) is 0 Å². The van der Waals surface area contributed by atoms with Gasteiger partial charge in [0.05, 0.1) is 21.5 Å². The van der Waals surface area contributed by atoms with E-state index in [1.165, 1.54) is 39.8 Å². The lowest BCUT2D eigenvalue weighted by Gasteiger charge is -2.48. The molecule has 1 saturated heterocycles. The van der Waals surface area contributed by atoms with Crippen molar-refractivity contribution < 1.29 is 23.9 Å². The molecular formula is C19H23N3O5S3. The molecule has 1 aromatic heterocycles. The molecule has 0 bridgehead atoms. The third-order valence-corrected chi connectivity index (χ3v) is 7.65. The zero-order chi connectivity index (χ0) is 22.1. The number of nitrogens with two attached hydrogens (primary N) is 1. The van der Waals surface area contributed by atoms with E-state index in [0.717, 1.165) is 10.6 Å². The first-order valence-electron chi connectivity index (χ1n) is 9.12. The molecule has 3 heterocycles. The minimum Gasteiger partial charge on any atom is -0.427 e. The second-order valence-electron chi connectivity index (χ2n) is 7.66. The average Bonchev–Trinajstić information content (AvgIpc) is 3.10. The minimum absolute atomic E-state index is 0.160. The van der Waals surface area contributed by atoms with Crippen LogP contribution in [0.4, 0.5) is 0 Å². The molecule has 1 aromatic rings. The second-order valence-corrected chi connectivity index (χ2v) is 10.7. The molecule has 2 aliphatic heterocycles. The number of esters is 2. The maximum absolute atomic E-state index is 12.8. The van der Waals surface area contributed by atoms with Crippen LogP contribution in [0.1, 0.15) is 31.3 Å². The van der Waals surface area contributed by atoms with Gasteiger partial charge in [0, 0.05) is 10.7 Å². The number of nitrogens with zero attached hydrogens (tertiary/aromatic N) is 2. The number of thiazole rings is 1. The van der Waals surface area contributed by atoms with Crippen LogP contribution in [0.15, 0.2) is 21.5 Å². The first kappa shape index (κ1) is 22.9. The molecule has 162 valence electrons. The number of rotatable bonds is 6. The first-order valence-corrected chi connectivity index (χ1v) is 11.9. The highest BCUT2D eigenvalue weighted by atomic mass is 32.2. The van der Waals surface area contributed by atoms with Crippen LogP contribution in [0.25, 0.3) is 6.08 Å². The lowest BCUT2D eigenvalue weighted by atomic mass is 9.98. The summed E-state index contributed by atoms with van der Waals surface area (Å²) < 4.78 is 10.2. The molecule has 3 rings (SSSR count). The molecule has 30 heavy (non-hydrogen) atoms. The zero-order valence-electron chi connectivity index (χ0n) is 17.0. The van der Waals surface area contributed by atoms with Crippen molar-refractivity contribution in [3.8, 4) is 0 Å². The number of ether oxygens (including phenoxy) is 2. The Labute approximate surface area is 187 Å². The molecule has 0 aromatic carbocycles. The fourth-order valence-corrected chi connectivity index (χ4v) is 5.70. The van der Waals surface area contributed by atoms with Crippen molar-refractivity contribution in [3.05, 3.63) is 32.1 Å². The molecule has 0 spiro atoms. The van der Waals surface area contributed by atoms with Gasteiger partial charge in [0.25, 0.3) is 0 Å². The molecule has 1 amide bonds. The Morgan fingerprint density at radius 1 is 1.40 bits per heavy atom. The van der Waals surface area contributed by atoms with E-state index in [2.05, 4.69) is 4.98 Å². The highest BCUT2D eigenvalue weighted by molar-refractivity contribution is 8.08. The Kier molecular flexibility index (Phi) is 6.95. The number of β-lactam (4-membered cyclic amide) rings is 1. The Bertz CT molecular complexity index is 919. The zero-order valence-corrected chi connectivity index (χ0v) is 19.5. The number of hydrogen-bond donors (Lipinski definition) is 1. The summed E-state index contributed by atoms with van der Waals surface area (Å²) in [5.41, 5.74) is 8.01. The topological polar surface area (TPSA) is 112 Å². The van der Waals surface area contributed by atoms with E-state index in [9.17, 15) is 14.4 Å². The molecule has 2 N–H and O–H groups in total. The maximum atomic E-state index is 12.8. The van der Waals surface area contributed by atoms with E-state index in [0.29, 0.717) is 10.7 Å². The SMILES string of the molecule is Cc1ncsc1/C=C\SC1=C(C(=O)OCOC(=O)C(C)(C)C)N2C(=O)[C@@H](N)[C@H]2SC1. The van der Waals surface area contributed by atoms with Gasteiger partial charge >= 0.3 is 11.9 Å². The normalized spacial score (nSPS) is 21.5. The molecule has 0 unspecified atom stereocenters. The van der Waals surface area contributed by atoms with Crippen LogP contribution in [0.5, 0.6) is 0 Å². The number of hydrogen-bond acceptors (Lipinski definition) is 10. The summed E-state index contributed by atoms with van der Waals surface area (Å²) in [6.45, 7) is 6.51. The molecule has 2 aliphatic rings. The van der Waals surface area contributed by atoms with Gasteiger partial charge in [-0.05, 0) is 39.2 Å². The molecule has 11 heteroatoms. The molecule has 2 atom stereocenters. The Balaban J connectivity index is 1.74. The van der Waals surface area contributed by atoms with Crippen molar-refractivity contribution in [1.82, 2.24) is 9.88 Å². The van der Waals surface area contributed by atoms with Gasteiger partial charge < -0.3 is 15.2 Å². The number of carbonyl (C=O) groups excluding carboxylic acids is 3. The van der Waals surface area contributed by atoms with Crippen LogP contribution in [-0.4, -0.2) is 51.7 Å². The van der Waals surface area contributed by atoms with Crippen LogP contribution < -0.4 is 5.73 Å². The number of thioether (sulfide) groups is 2. The lowest BCUT2D eigenvalue weighted by molar-refractivity contribution is -0.173. The molecule has 8 nitrogen and oxygen atoms in total. The highest BCUT2D eigenvalue weighted by Gasteiger charge is 2.52. The Morgan fingerprint density at radius 3 is 2.77 bits per heavy atom. The predicted molar refractivity (Wildman–Crippen MR) is 118 cm³/mol. The highest BCUT2D eigenvalue weighted by Crippen LogP contribution is 2.43. The van der Waals surface area contributed by atoms with Crippen molar-refractivity contribution in [2.45, 2.75) is 39.1 Å². The molecule has 0 aliphatic carbocycles. The van der Waals surface area contributed by atoms with E-state index >= 15 is 0 Å². The summed E-state index contributed by atoms with van der Waals surface area (Å²) in [6, 6.07) is -0.640. The van der Waals surface area contributed by atoms with Crippen molar-refractivity contribution in [2.75, 3.05) is 12.5 Å². The molecular weight excluding hydrogens is 446 g/mol. The smallest absolute Gasteiger partial charge is 0.358 e. The van der Waals surface area contributed by atoms with Gasteiger partial charge in [0.1, 0.15) is 17.1 Å². The molecule has 0 saturated carbocycles. The number of aryl methyl sites for hydroxylation is 1. The van der Waals surface area contributed by atoms with Gasteiger partial charge in [0.15, 0.2) is 0 Å². The van der Waals surface area contributed by atoms with Crippen molar-refractivity contribution >= 4 is 58.8 Å². The monoisotopic (exact) mass is 469 g/mol. The van der Waals surface area contributed by atoms with Gasteiger partial charge in [-0.15, -0.1) is 23.1 Å². The van der Waals surface area contributed by atoms with Gasteiger partial charge in [-0.1, -0.05) is 11.8 Å². The molecule has 1 fully saturated rings. The summed E-state index contributed by atoms with van der Waals surface area (Å²) in [5, 5.41) is 1.56. The summed E-state index contributed by atoms with van der Waals surface area (Å²) in [6.07, 6.45) is 1.92. The fraction of sp³-hybridized carbons (Fsp3) is 0.474. The van der Waals surface area contributed by atoms with Crippen molar-refractivity contribution in [2.24, 2.45) is 11.1 Å². The van der Waals surface area contributed by atoms with E-state index in [4.69, 9.17) is 15.2 Å². The third-order valence-electron chi connectivity index (χ3n) is 4.37. The molecule has 0 radical (unpaired) electrons. The predicted octanol–water partition coefficient (Wildman–Crippen LogP) is 2.70. The Morgan fingerprint density at radius 2 is 2.13 bits per heavy atom. The largest absolute Gasteiger partial charge is 0.427 e. The number of amides is 1. The van der Waals surface area contributed by atoms with Gasteiger partial charge in [-0.2, -0.15) is 0 Å². The summed E-state index contributed by atoms with van der Waals surface area (Å²) >= 11 is 4.36. The summed E-state index contributed by atoms with van der Waals surface area (Å²) in [4.78, 5) is 44.2. The van der Waals surface area contributed by atoms with Crippen LogP contribution in [0, 0.1) is 12.3 Å². The van der Waals surface area contributed by atoms with E-state index in [1.54, 1.807) is 26.3 Å². The van der Waals surface area contributed by atoms with Crippen molar-refractivity contribution in [1.29, 1.82) is 0 Å². The van der Waals surface area contributed by atoms with E-state index < -0.39 is 30.2 Å². The fourth-order valence-electron chi connectivity index (χ4n) is 2.64. The standard InChI is InChI=1S/C19H23N3O5S3/c1-10-11(30-8-21-10)5-6-28-12-7-29-16-13(20)15(23)22(16)14(12)17(24)26-9-27-18(25)19(2,3)4/h5-6,8,13,16H,7,9,20H2,1-4H3/b6-5-/t13-,16-/m1/s1. The van der Waals surface area contributed by atoms with Crippen molar-refractivity contribution in [3.63, 3.8) is 0 Å². The first-order chi connectivity index (χ1) is 14.1. The second kappa shape index (κ2) is 9.13. The van der Waals surface area contributed by atoms with E-state index in [-0.39, 0.29) is 17.0 Å². The van der Waals surface area contributed by atoms with Gasteiger partial charge in [-0.25, -0.2) is 9.78 Å². The average molecular weight is 470 g/mol. The third kappa shape index (κ3) is 4.74. The van der Waals surface area contributed by atoms with Gasteiger partial charge in [-0.3, -0.25) is 14.5 Å². The quantitative estimate of drug-likeness (QED) is 0.382. The summed E-state index contributed by atoms with van der Waals surface area (Å²) in [5.74, 6) is -1.01. The maximum Gasteiger partial charge on any atom is 0.358 e. The van der Waals surface area contributed by atoms with Crippen LogP contribution >= 0.6 is 34.9 Å². The minimum atomic E-state index is -0.716. The van der Waals surface area contributed by atoms with E-state index in [1.807, 2.05) is 18.4 Å². The Hall–Kier alpha value is -1.82.